The fraction of sp³-hybridized carbons (Fsp3) is 0.632. The maximum Gasteiger partial charge on any atom is 0.314 e. The largest absolute Gasteiger partial charge is 0.465 e. The molecule has 1 heterocycles. The first-order valence-corrected chi connectivity index (χ1v) is 8.69. The van der Waals surface area contributed by atoms with E-state index in [1.165, 1.54) is 0 Å². The van der Waals surface area contributed by atoms with Crippen molar-refractivity contribution in [2.75, 3.05) is 19.8 Å². The molecule has 1 aliphatic heterocycles. The lowest BCUT2D eigenvalue weighted by molar-refractivity contribution is -0.234. The van der Waals surface area contributed by atoms with Crippen molar-refractivity contribution in [2.24, 2.45) is 5.41 Å². The Morgan fingerprint density at radius 1 is 1.25 bits per heavy atom. The minimum Gasteiger partial charge on any atom is -0.465 e. The summed E-state index contributed by atoms with van der Waals surface area (Å²) in [5, 5.41) is 0. The molecule has 132 valence electrons. The highest BCUT2D eigenvalue weighted by Crippen LogP contribution is 2.47. The van der Waals surface area contributed by atoms with Crippen LogP contribution in [0.25, 0.3) is 0 Å². The summed E-state index contributed by atoms with van der Waals surface area (Å²) in [5.41, 5.74) is 0.324. The number of carbonyl (C=O) groups excluding carboxylic acids is 1. The third-order valence-corrected chi connectivity index (χ3v) is 4.98. The Hall–Kier alpha value is -1.43. The molecular formula is C19H26O5. The highest BCUT2D eigenvalue weighted by molar-refractivity contribution is 5.77. The van der Waals surface area contributed by atoms with Gasteiger partial charge in [0.15, 0.2) is 5.79 Å². The van der Waals surface area contributed by atoms with E-state index in [4.69, 9.17) is 18.9 Å². The van der Waals surface area contributed by atoms with Crippen LogP contribution in [0.3, 0.4) is 0 Å². The molecule has 2 atom stereocenters. The zero-order valence-corrected chi connectivity index (χ0v) is 14.5. The Morgan fingerprint density at radius 2 is 1.96 bits per heavy atom. The molecule has 5 nitrogen and oxygen atoms in total. The van der Waals surface area contributed by atoms with Gasteiger partial charge in [0.2, 0.25) is 0 Å². The third-order valence-electron chi connectivity index (χ3n) is 4.98. The second kappa shape index (κ2) is 7.21. The standard InChI is InChI=1S/C19H26O5/c1-3-21-17(20)18(2)14-19(23-11-12-24-19)10-9-16(18)22-13-15-7-5-4-6-8-15/h4-8,16H,3,9-14H2,1-2H3/t16-,18+/m1/s1. The zero-order valence-electron chi connectivity index (χ0n) is 14.5. The van der Waals surface area contributed by atoms with Crippen molar-refractivity contribution in [1.29, 1.82) is 0 Å². The molecule has 2 aliphatic rings. The van der Waals surface area contributed by atoms with Gasteiger partial charge in [-0.05, 0) is 25.8 Å². The SMILES string of the molecule is CCOC(=O)[C@@]1(C)CC2(CC[C@H]1OCc1ccccc1)OCCO2. The molecule has 3 rings (SSSR count). The van der Waals surface area contributed by atoms with E-state index in [2.05, 4.69) is 0 Å². The highest BCUT2D eigenvalue weighted by Gasteiger charge is 2.56. The van der Waals surface area contributed by atoms with Crippen LogP contribution in [0.5, 0.6) is 0 Å². The second-order valence-corrected chi connectivity index (χ2v) is 6.75. The second-order valence-electron chi connectivity index (χ2n) is 6.75. The first-order chi connectivity index (χ1) is 11.6. The number of rotatable bonds is 5. The molecule has 0 radical (unpaired) electrons. The van der Waals surface area contributed by atoms with Crippen molar-refractivity contribution in [3.05, 3.63) is 35.9 Å². The van der Waals surface area contributed by atoms with Gasteiger partial charge in [0.05, 0.1) is 37.9 Å². The number of hydrogen-bond donors (Lipinski definition) is 0. The number of ether oxygens (including phenoxy) is 4. The molecule has 0 unspecified atom stereocenters. The van der Waals surface area contributed by atoms with E-state index in [9.17, 15) is 4.79 Å². The summed E-state index contributed by atoms with van der Waals surface area (Å²) >= 11 is 0. The van der Waals surface area contributed by atoms with Crippen LogP contribution >= 0.6 is 0 Å². The van der Waals surface area contributed by atoms with Crippen LogP contribution in [0.15, 0.2) is 30.3 Å². The van der Waals surface area contributed by atoms with Gasteiger partial charge in [0.1, 0.15) is 0 Å². The molecule has 1 spiro atoms. The normalized spacial score (nSPS) is 28.8. The van der Waals surface area contributed by atoms with Crippen LogP contribution in [0.1, 0.15) is 38.7 Å². The van der Waals surface area contributed by atoms with Gasteiger partial charge >= 0.3 is 5.97 Å². The molecule has 0 amide bonds. The Bertz CT molecular complexity index is 552. The minimum atomic E-state index is -0.770. The van der Waals surface area contributed by atoms with Crippen molar-refractivity contribution in [3.63, 3.8) is 0 Å². The summed E-state index contributed by atoms with van der Waals surface area (Å²) in [6.07, 6.45) is 1.71. The van der Waals surface area contributed by atoms with Crippen LogP contribution in [-0.4, -0.2) is 37.7 Å². The molecule has 5 heteroatoms. The summed E-state index contributed by atoms with van der Waals surface area (Å²) in [6, 6.07) is 9.99. The van der Waals surface area contributed by atoms with Crippen molar-refractivity contribution < 1.29 is 23.7 Å². The lowest BCUT2D eigenvalue weighted by Crippen LogP contribution is -2.53. The van der Waals surface area contributed by atoms with Gasteiger partial charge in [-0.2, -0.15) is 0 Å². The van der Waals surface area contributed by atoms with Crippen molar-refractivity contribution >= 4 is 5.97 Å². The predicted octanol–water partition coefficient (Wildman–Crippen LogP) is 3.07. The molecule has 0 N–H and O–H groups in total. The Kier molecular flexibility index (Phi) is 5.23. The van der Waals surface area contributed by atoms with Crippen LogP contribution in [0, 0.1) is 5.41 Å². The van der Waals surface area contributed by atoms with E-state index in [1.807, 2.05) is 44.2 Å². The van der Waals surface area contributed by atoms with E-state index in [-0.39, 0.29) is 12.1 Å². The van der Waals surface area contributed by atoms with Gasteiger partial charge in [-0.25, -0.2) is 0 Å². The Balaban J connectivity index is 1.74. The van der Waals surface area contributed by atoms with Gasteiger partial charge in [0.25, 0.3) is 0 Å². The number of hydrogen-bond acceptors (Lipinski definition) is 5. The third kappa shape index (κ3) is 3.48. The van der Waals surface area contributed by atoms with E-state index >= 15 is 0 Å². The molecule has 1 saturated heterocycles. The van der Waals surface area contributed by atoms with Crippen molar-refractivity contribution in [2.45, 2.75) is 51.6 Å². The molecule has 1 aliphatic carbocycles. The molecule has 24 heavy (non-hydrogen) atoms. The average molecular weight is 334 g/mol. The van der Waals surface area contributed by atoms with Gasteiger partial charge < -0.3 is 18.9 Å². The topological polar surface area (TPSA) is 54.0 Å². The molecule has 0 bridgehead atoms. The summed E-state index contributed by atoms with van der Waals surface area (Å²) < 4.78 is 23.1. The molecule has 0 aromatic heterocycles. The summed E-state index contributed by atoms with van der Waals surface area (Å²) in [5.74, 6) is -0.894. The predicted molar refractivity (Wildman–Crippen MR) is 88.2 cm³/mol. The maximum atomic E-state index is 12.7. The van der Waals surface area contributed by atoms with Crippen molar-refractivity contribution in [1.82, 2.24) is 0 Å². The minimum absolute atomic E-state index is 0.213. The molecule has 1 saturated carbocycles. The van der Waals surface area contributed by atoms with Gasteiger partial charge in [-0.3, -0.25) is 4.79 Å². The molecule has 2 fully saturated rings. The fourth-order valence-electron chi connectivity index (χ4n) is 3.71. The summed E-state index contributed by atoms with van der Waals surface area (Å²) in [7, 11) is 0. The Morgan fingerprint density at radius 3 is 2.62 bits per heavy atom. The first kappa shape index (κ1) is 17.4. The van der Waals surface area contributed by atoms with Crippen LogP contribution in [0.2, 0.25) is 0 Å². The molecule has 1 aromatic rings. The highest BCUT2D eigenvalue weighted by atomic mass is 16.7. The lowest BCUT2D eigenvalue weighted by Gasteiger charge is -2.45. The van der Waals surface area contributed by atoms with E-state index in [0.717, 1.165) is 12.0 Å². The van der Waals surface area contributed by atoms with Crippen LogP contribution < -0.4 is 0 Å². The quantitative estimate of drug-likeness (QED) is 0.775. The smallest absolute Gasteiger partial charge is 0.314 e. The Labute approximate surface area is 143 Å². The number of carbonyl (C=O) groups is 1. The molecule has 1 aromatic carbocycles. The first-order valence-electron chi connectivity index (χ1n) is 8.69. The van der Waals surface area contributed by atoms with Crippen molar-refractivity contribution in [3.8, 4) is 0 Å². The monoisotopic (exact) mass is 334 g/mol. The molecular weight excluding hydrogens is 308 g/mol. The van der Waals surface area contributed by atoms with E-state index < -0.39 is 11.2 Å². The summed E-state index contributed by atoms with van der Waals surface area (Å²) in [4.78, 5) is 12.7. The van der Waals surface area contributed by atoms with E-state index in [0.29, 0.717) is 39.3 Å². The van der Waals surface area contributed by atoms with Crippen LogP contribution in [0.4, 0.5) is 0 Å². The average Bonchev–Trinajstić information content (AvgIpc) is 3.03. The zero-order chi connectivity index (χ0) is 17.0. The van der Waals surface area contributed by atoms with Gasteiger partial charge in [0, 0.05) is 12.8 Å². The van der Waals surface area contributed by atoms with Crippen LogP contribution in [-0.2, 0) is 30.3 Å². The van der Waals surface area contributed by atoms with E-state index in [1.54, 1.807) is 0 Å². The fourth-order valence-corrected chi connectivity index (χ4v) is 3.71. The number of esters is 1. The maximum absolute atomic E-state index is 12.7. The summed E-state index contributed by atoms with van der Waals surface area (Å²) in [6.45, 7) is 5.72. The van der Waals surface area contributed by atoms with Gasteiger partial charge in [-0.15, -0.1) is 0 Å². The lowest BCUT2D eigenvalue weighted by atomic mass is 9.70. The number of benzene rings is 1. The van der Waals surface area contributed by atoms with Gasteiger partial charge in [-0.1, -0.05) is 30.3 Å².